The van der Waals surface area contributed by atoms with Crippen molar-refractivity contribution in [2.45, 2.75) is 6.42 Å². The largest absolute Gasteiger partial charge is 0.292 e. The summed E-state index contributed by atoms with van der Waals surface area (Å²) in [7, 11) is 0. The molecule has 0 aliphatic heterocycles. The van der Waals surface area contributed by atoms with Gasteiger partial charge >= 0.3 is 0 Å². The first-order chi connectivity index (χ1) is 5.83. The van der Waals surface area contributed by atoms with Crippen LogP contribution in [0.3, 0.4) is 0 Å². The van der Waals surface area contributed by atoms with Crippen molar-refractivity contribution < 1.29 is 4.79 Å². The van der Waals surface area contributed by atoms with Crippen molar-refractivity contribution in [2.75, 3.05) is 0 Å². The average molecular weight is 161 g/mol. The molecule has 4 nitrogen and oxygen atoms in total. The molecule has 0 radical (unpaired) electrons. The molecule has 1 aromatic carbocycles. The zero-order valence-electron chi connectivity index (χ0n) is 6.34. The Morgan fingerprint density at radius 3 is 2.67 bits per heavy atom. The first-order valence-electron chi connectivity index (χ1n) is 3.45. The predicted octanol–water partition coefficient (Wildman–Crippen LogP) is 2.07. The van der Waals surface area contributed by atoms with Crippen molar-refractivity contribution in [1.29, 1.82) is 0 Å². The van der Waals surface area contributed by atoms with Crippen LogP contribution in [-0.4, -0.2) is 5.91 Å². The highest BCUT2D eigenvalue weighted by molar-refractivity contribution is 5.79. The molecule has 0 N–H and O–H groups in total. The fourth-order valence-corrected chi connectivity index (χ4v) is 0.856. The molecule has 0 saturated heterocycles. The molecule has 60 valence electrons. The highest BCUT2D eigenvalue weighted by Gasteiger charge is 1.98. The van der Waals surface area contributed by atoms with Gasteiger partial charge in [-0.3, -0.25) is 4.79 Å². The summed E-state index contributed by atoms with van der Waals surface area (Å²) in [5.74, 6) is -0.455. The molecular formula is C8H7N3O. The van der Waals surface area contributed by atoms with Crippen LogP contribution in [0.1, 0.15) is 5.56 Å². The molecule has 0 heterocycles. The van der Waals surface area contributed by atoms with Gasteiger partial charge < -0.3 is 0 Å². The first-order valence-corrected chi connectivity index (χ1v) is 3.45. The molecule has 0 bridgehead atoms. The maximum absolute atomic E-state index is 10.8. The van der Waals surface area contributed by atoms with Gasteiger partial charge in [0.15, 0.2) is 0 Å². The van der Waals surface area contributed by atoms with Gasteiger partial charge in [-0.1, -0.05) is 30.3 Å². The third-order valence-corrected chi connectivity index (χ3v) is 1.35. The number of carbonyl (C=O) groups is 1. The standard InChI is InChI=1S/C8H7N3O/c9-11-10-8(12)6-7-4-2-1-3-5-7/h1-5H,6H2. The van der Waals surface area contributed by atoms with E-state index in [9.17, 15) is 4.79 Å². The van der Waals surface area contributed by atoms with E-state index in [-0.39, 0.29) is 6.42 Å². The SMILES string of the molecule is [N-]=[N+]=NC(=O)Cc1ccccc1. The van der Waals surface area contributed by atoms with Gasteiger partial charge in [0.1, 0.15) is 0 Å². The Kier molecular flexibility index (Phi) is 2.87. The molecule has 0 aromatic heterocycles. The van der Waals surface area contributed by atoms with Gasteiger partial charge in [0.2, 0.25) is 5.91 Å². The Morgan fingerprint density at radius 2 is 2.08 bits per heavy atom. The number of carbonyl (C=O) groups excluding carboxylic acids is 1. The van der Waals surface area contributed by atoms with E-state index < -0.39 is 5.91 Å². The van der Waals surface area contributed by atoms with Gasteiger partial charge in [-0.2, -0.15) is 0 Å². The topological polar surface area (TPSA) is 65.8 Å². The van der Waals surface area contributed by atoms with E-state index >= 15 is 0 Å². The summed E-state index contributed by atoms with van der Waals surface area (Å²) in [5.41, 5.74) is 8.81. The Labute approximate surface area is 69.5 Å². The lowest BCUT2D eigenvalue weighted by atomic mass is 10.1. The molecule has 4 heteroatoms. The highest BCUT2D eigenvalue weighted by Crippen LogP contribution is 2.00. The fraction of sp³-hybridized carbons (Fsp3) is 0.125. The lowest BCUT2D eigenvalue weighted by Crippen LogP contribution is -1.96. The van der Waals surface area contributed by atoms with Crippen LogP contribution < -0.4 is 0 Å². The van der Waals surface area contributed by atoms with Crippen LogP contribution in [0.5, 0.6) is 0 Å². The summed E-state index contributed by atoms with van der Waals surface area (Å²) in [6, 6.07) is 9.15. The molecule has 0 aliphatic carbocycles. The van der Waals surface area contributed by atoms with Crippen LogP contribution in [0.25, 0.3) is 10.4 Å². The number of hydrogen-bond donors (Lipinski definition) is 0. The Hall–Kier alpha value is -1.80. The van der Waals surface area contributed by atoms with Gasteiger partial charge in [0.25, 0.3) is 0 Å². The van der Waals surface area contributed by atoms with E-state index in [4.69, 9.17) is 5.53 Å². The van der Waals surface area contributed by atoms with E-state index in [1.807, 2.05) is 30.3 Å². The minimum Gasteiger partial charge on any atom is -0.292 e. The van der Waals surface area contributed by atoms with E-state index in [2.05, 4.69) is 10.0 Å². The maximum Gasteiger partial charge on any atom is 0.223 e. The van der Waals surface area contributed by atoms with Crippen molar-refractivity contribution in [2.24, 2.45) is 5.11 Å². The normalized spacial score (nSPS) is 8.67. The number of hydrogen-bond acceptors (Lipinski definition) is 1. The highest BCUT2D eigenvalue weighted by atomic mass is 16.1. The Bertz CT molecular complexity index is 314. The number of amides is 1. The van der Waals surface area contributed by atoms with Gasteiger partial charge in [0.05, 0.1) is 0 Å². The Balaban J connectivity index is 2.64. The molecule has 1 aromatic rings. The second-order valence-electron chi connectivity index (χ2n) is 2.25. The monoisotopic (exact) mass is 161 g/mol. The molecule has 1 amide bonds. The second-order valence-corrected chi connectivity index (χ2v) is 2.25. The molecule has 0 aliphatic rings. The number of nitrogens with zero attached hydrogens (tertiary/aromatic N) is 3. The number of azide groups is 1. The smallest absolute Gasteiger partial charge is 0.223 e. The van der Waals surface area contributed by atoms with E-state index in [0.717, 1.165) is 5.56 Å². The molecule has 12 heavy (non-hydrogen) atoms. The third-order valence-electron chi connectivity index (χ3n) is 1.35. The van der Waals surface area contributed by atoms with Crippen LogP contribution in [0.2, 0.25) is 0 Å². The van der Waals surface area contributed by atoms with Crippen molar-refractivity contribution in [3.05, 3.63) is 46.3 Å². The molecule has 1 rings (SSSR count). The summed E-state index contributed by atoms with van der Waals surface area (Å²) < 4.78 is 0. The molecule has 0 unspecified atom stereocenters. The van der Waals surface area contributed by atoms with Crippen molar-refractivity contribution in [3.8, 4) is 0 Å². The van der Waals surface area contributed by atoms with Crippen molar-refractivity contribution in [3.63, 3.8) is 0 Å². The molecule has 0 atom stereocenters. The molecular weight excluding hydrogens is 154 g/mol. The maximum atomic E-state index is 10.8. The van der Waals surface area contributed by atoms with Crippen LogP contribution >= 0.6 is 0 Å². The quantitative estimate of drug-likeness (QED) is 0.372. The van der Waals surface area contributed by atoms with Gasteiger partial charge in [-0.25, -0.2) is 0 Å². The van der Waals surface area contributed by atoms with Crippen LogP contribution in [0, 0.1) is 0 Å². The fourth-order valence-electron chi connectivity index (χ4n) is 0.856. The first kappa shape index (κ1) is 8.30. The van der Waals surface area contributed by atoms with Crippen LogP contribution in [0.4, 0.5) is 0 Å². The molecule has 0 spiro atoms. The molecule has 0 fully saturated rings. The minimum atomic E-state index is -0.455. The summed E-state index contributed by atoms with van der Waals surface area (Å²) in [6.45, 7) is 0. The van der Waals surface area contributed by atoms with Gasteiger partial charge in [-0.05, 0) is 16.2 Å². The lowest BCUT2D eigenvalue weighted by Gasteiger charge is -1.93. The molecule has 0 saturated carbocycles. The lowest BCUT2D eigenvalue weighted by molar-refractivity contribution is -0.117. The van der Waals surface area contributed by atoms with E-state index in [1.165, 1.54) is 0 Å². The third kappa shape index (κ3) is 2.44. The van der Waals surface area contributed by atoms with Crippen molar-refractivity contribution >= 4 is 5.91 Å². The van der Waals surface area contributed by atoms with E-state index in [1.54, 1.807) is 0 Å². The van der Waals surface area contributed by atoms with Gasteiger partial charge in [0, 0.05) is 11.3 Å². The zero-order chi connectivity index (χ0) is 8.81. The number of rotatable bonds is 2. The predicted molar refractivity (Wildman–Crippen MR) is 44.3 cm³/mol. The summed E-state index contributed by atoms with van der Waals surface area (Å²) >= 11 is 0. The summed E-state index contributed by atoms with van der Waals surface area (Å²) in [5, 5.41) is 2.96. The van der Waals surface area contributed by atoms with E-state index in [0.29, 0.717) is 0 Å². The van der Waals surface area contributed by atoms with Crippen LogP contribution in [0.15, 0.2) is 35.4 Å². The van der Waals surface area contributed by atoms with Crippen LogP contribution in [-0.2, 0) is 11.2 Å². The average Bonchev–Trinajstić information content (AvgIpc) is 2.06. The summed E-state index contributed by atoms with van der Waals surface area (Å²) in [4.78, 5) is 13.2. The second kappa shape index (κ2) is 4.16. The minimum absolute atomic E-state index is 0.172. The van der Waals surface area contributed by atoms with Gasteiger partial charge in [-0.15, -0.1) is 0 Å². The summed E-state index contributed by atoms with van der Waals surface area (Å²) in [6.07, 6.45) is 0.172. The zero-order valence-corrected chi connectivity index (χ0v) is 6.34. The number of benzene rings is 1. The Morgan fingerprint density at radius 1 is 1.42 bits per heavy atom. The van der Waals surface area contributed by atoms with Crippen molar-refractivity contribution in [1.82, 2.24) is 0 Å².